The number of carbonyl (C=O) groups is 2. The van der Waals surface area contributed by atoms with Crippen LogP contribution in [0.5, 0.6) is 0 Å². The van der Waals surface area contributed by atoms with E-state index in [9.17, 15) is 14.7 Å². The SMILES string of the molecule is CC(C)(C)OC(=O)N1CCC(N(C(=O)c2cnc(-c3ccc(CO)cc3)nc2)C2CC2)CC1. The van der Waals surface area contributed by atoms with E-state index in [1.807, 2.05) is 49.9 Å². The molecule has 8 heteroatoms. The maximum atomic E-state index is 13.4. The highest BCUT2D eigenvalue weighted by molar-refractivity contribution is 5.94. The molecule has 1 aromatic heterocycles. The molecule has 2 aromatic rings. The first-order valence-corrected chi connectivity index (χ1v) is 11.6. The van der Waals surface area contributed by atoms with Crippen LogP contribution in [0.4, 0.5) is 4.79 Å². The van der Waals surface area contributed by atoms with Gasteiger partial charge in [0.15, 0.2) is 5.82 Å². The van der Waals surface area contributed by atoms with Crippen LogP contribution in [-0.2, 0) is 11.3 Å². The average molecular weight is 453 g/mol. The smallest absolute Gasteiger partial charge is 0.410 e. The van der Waals surface area contributed by atoms with Gasteiger partial charge in [0.1, 0.15) is 5.60 Å². The van der Waals surface area contributed by atoms with E-state index in [0.717, 1.165) is 36.8 Å². The van der Waals surface area contributed by atoms with Crippen molar-refractivity contribution in [1.29, 1.82) is 0 Å². The zero-order chi connectivity index (χ0) is 23.6. The Morgan fingerprint density at radius 1 is 1.03 bits per heavy atom. The van der Waals surface area contributed by atoms with Crippen molar-refractivity contribution < 1.29 is 19.4 Å². The van der Waals surface area contributed by atoms with Gasteiger partial charge in [-0.05, 0) is 52.0 Å². The van der Waals surface area contributed by atoms with Crippen LogP contribution in [0.1, 0.15) is 62.4 Å². The summed E-state index contributed by atoms with van der Waals surface area (Å²) in [6.07, 6.45) is 6.38. The van der Waals surface area contributed by atoms with Gasteiger partial charge >= 0.3 is 6.09 Å². The number of likely N-dealkylation sites (tertiary alicyclic amines) is 1. The summed E-state index contributed by atoms with van der Waals surface area (Å²) < 4.78 is 5.49. The first-order valence-electron chi connectivity index (χ1n) is 11.6. The lowest BCUT2D eigenvalue weighted by Gasteiger charge is -2.39. The number of hydrogen-bond donors (Lipinski definition) is 1. The summed E-state index contributed by atoms with van der Waals surface area (Å²) in [7, 11) is 0. The third-order valence-electron chi connectivity index (χ3n) is 5.98. The molecule has 2 fully saturated rings. The molecule has 1 aliphatic carbocycles. The highest BCUT2D eigenvalue weighted by Crippen LogP contribution is 2.33. The van der Waals surface area contributed by atoms with Crippen molar-refractivity contribution in [3.63, 3.8) is 0 Å². The van der Waals surface area contributed by atoms with Gasteiger partial charge in [-0.15, -0.1) is 0 Å². The number of ether oxygens (including phenoxy) is 1. The second-order valence-electron chi connectivity index (χ2n) is 9.79. The quantitative estimate of drug-likeness (QED) is 0.744. The molecule has 176 valence electrons. The largest absolute Gasteiger partial charge is 0.444 e. The fourth-order valence-corrected chi connectivity index (χ4v) is 4.13. The van der Waals surface area contributed by atoms with Gasteiger partial charge in [0.2, 0.25) is 0 Å². The third-order valence-corrected chi connectivity index (χ3v) is 5.98. The second-order valence-corrected chi connectivity index (χ2v) is 9.79. The standard InChI is InChI=1S/C25H32N4O4/c1-25(2,3)33-24(32)28-12-10-21(11-13-28)29(20-8-9-20)23(31)19-14-26-22(27-15-19)18-6-4-17(16-30)5-7-18/h4-7,14-15,20-21,30H,8-13,16H2,1-3H3. The predicted molar refractivity (Wildman–Crippen MR) is 123 cm³/mol. The molecule has 0 radical (unpaired) electrons. The van der Waals surface area contributed by atoms with E-state index >= 15 is 0 Å². The summed E-state index contributed by atoms with van der Waals surface area (Å²) in [6, 6.07) is 7.72. The van der Waals surface area contributed by atoms with E-state index < -0.39 is 5.60 Å². The predicted octanol–water partition coefficient (Wildman–Crippen LogP) is 3.64. The number of aliphatic hydroxyl groups excluding tert-OH is 1. The maximum Gasteiger partial charge on any atom is 0.410 e. The first kappa shape index (κ1) is 23.2. The summed E-state index contributed by atoms with van der Waals surface area (Å²) in [6.45, 7) is 6.74. The van der Waals surface area contributed by atoms with Crippen LogP contribution in [-0.4, -0.2) is 67.6 Å². The molecule has 2 aliphatic rings. The van der Waals surface area contributed by atoms with Crippen molar-refractivity contribution in [2.24, 2.45) is 0 Å². The summed E-state index contributed by atoms with van der Waals surface area (Å²) in [5.74, 6) is 0.495. The van der Waals surface area contributed by atoms with E-state index in [4.69, 9.17) is 4.74 Å². The number of piperidine rings is 1. The molecule has 0 bridgehead atoms. The molecule has 1 aromatic carbocycles. The van der Waals surface area contributed by atoms with Crippen LogP contribution in [0.3, 0.4) is 0 Å². The van der Waals surface area contributed by atoms with Gasteiger partial charge < -0.3 is 19.6 Å². The zero-order valence-electron chi connectivity index (χ0n) is 19.5. The molecule has 0 unspecified atom stereocenters. The molecular weight excluding hydrogens is 420 g/mol. The number of carbonyl (C=O) groups excluding carboxylic acids is 2. The molecule has 2 heterocycles. The summed E-state index contributed by atoms with van der Waals surface area (Å²) in [5.41, 5.74) is 1.62. The molecule has 8 nitrogen and oxygen atoms in total. The van der Waals surface area contributed by atoms with Gasteiger partial charge in [-0.25, -0.2) is 14.8 Å². The van der Waals surface area contributed by atoms with Crippen LogP contribution >= 0.6 is 0 Å². The number of aromatic nitrogens is 2. The Morgan fingerprint density at radius 3 is 2.12 bits per heavy atom. The van der Waals surface area contributed by atoms with Gasteiger partial charge in [0.05, 0.1) is 12.2 Å². The number of rotatable bonds is 5. The summed E-state index contributed by atoms with van der Waals surface area (Å²) >= 11 is 0. The van der Waals surface area contributed by atoms with Crippen LogP contribution in [0.15, 0.2) is 36.7 Å². The van der Waals surface area contributed by atoms with Crippen molar-refractivity contribution >= 4 is 12.0 Å². The molecule has 0 atom stereocenters. The van der Waals surface area contributed by atoms with Crippen LogP contribution < -0.4 is 0 Å². The minimum atomic E-state index is -0.517. The van der Waals surface area contributed by atoms with Gasteiger partial charge in [-0.3, -0.25) is 4.79 Å². The Labute approximate surface area is 194 Å². The molecule has 2 amide bonds. The molecule has 1 saturated carbocycles. The Bertz CT molecular complexity index is 973. The van der Waals surface area contributed by atoms with E-state index in [-0.39, 0.29) is 30.7 Å². The van der Waals surface area contributed by atoms with E-state index in [1.165, 1.54) is 0 Å². The van der Waals surface area contributed by atoms with Crippen molar-refractivity contribution in [1.82, 2.24) is 19.8 Å². The molecule has 1 N–H and O–H groups in total. The van der Waals surface area contributed by atoms with Crippen molar-refractivity contribution in [2.45, 2.75) is 70.7 Å². The molecule has 33 heavy (non-hydrogen) atoms. The highest BCUT2D eigenvalue weighted by atomic mass is 16.6. The minimum absolute atomic E-state index is 0.0116. The Kier molecular flexibility index (Phi) is 6.65. The van der Waals surface area contributed by atoms with Gasteiger partial charge in [-0.2, -0.15) is 0 Å². The van der Waals surface area contributed by atoms with Gasteiger partial charge in [-0.1, -0.05) is 24.3 Å². The van der Waals surface area contributed by atoms with Crippen molar-refractivity contribution in [2.75, 3.05) is 13.1 Å². The average Bonchev–Trinajstić information content (AvgIpc) is 3.64. The lowest BCUT2D eigenvalue weighted by molar-refractivity contribution is 0.0142. The van der Waals surface area contributed by atoms with Crippen LogP contribution in [0.2, 0.25) is 0 Å². The Balaban J connectivity index is 1.41. The normalized spacial score (nSPS) is 17.0. The minimum Gasteiger partial charge on any atom is -0.444 e. The van der Waals surface area contributed by atoms with Crippen LogP contribution in [0.25, 0.3) is 11.4 Å². The van der Waals surface area contributed by atoms with Gasteiger partial charge in [0.25, 0.3) is 5.91 Å². The highest BCUT2D eigenvalue weighted by Gasteiger charge is 2.40. The lowest BCUT2D eigenvalue weighted by atomic mass is 10.0. The fourth-order valence-electron chi connectivity index (χ4n) is 4.13. The maximum absolute atomic E-state index is 13.4. The molecule has 1 saturated heterocycles. The zero-order valence-corrected chi connectivity index (χ0v) is 19.5. The first-order chi connectivity index (χ1) is 15.7. The van der Waals surface area contributed by atoms with E-state index in [0.29, 0.717) is 24.5 Å². The summed E-state index contributed by atoms with van der Waals surface area (Å²) in [4.78, 5) is 38.3. The third kappa shape index (κ3) is 5.68. The van der Waals surface area contributed by atoms with Crippen molar-refractivity contribution in [3.05, 3.63) is 47.8 Å². The van der Waals surface area contributed by atoms with E-state index in [2.05, 4.69) is 9.97 Å². The molecule has 1 aliphatic heterocycles. The van der Waals surface area contributed by atoms with Gasteiger partial charge in [0, 0.05) is 43.1 Å². The Morgan fingerprint density at radius 2 is 1.61 bits per heavy atom. The fraction of sp³-hybridized carbons (Fsp3) is 0.520. The van der Waals surface area contributed by atoms with Crippen molar-refractivity contribution in [3.8, 4) is 11.4 Å². The number of hydrogen-bond acceptors (Lipinski definition) is 6. The monoisotopic (exact) mass is 452 g/mol. The second kappa shape index (κ2) is 9.47. The number of benzene rings is 1. The number of aliphatic hydroxyl groups is 1. The lowest BCUT2D eigenvalue weighted by Crippen LogP contribution is -2.50. The summed E-state index contributed by atoms with van der Waals surface area (Å²) in [5, 5.41) is 9.19. The molecular formula is C25H32N4O4. The molecule has 0 spiro atoms. The molecule has 4 rings (SSSR count). The number of nitrogens with zero attached hydrogens (tertiary/aromatic N) is 4. The Hall–Kier alpha value is -3.00. The van der Waals surface area contributed by atoms with Crippen LogP contribution in [0, 0.1) is 0 Å². The van der Waals surface area contributed by atoms with E-state index in [1.54, 1.807) is 17.3 Å². The number of amides is 2. The topological polar surface area (TPSA) is 95.9 Å².